The molecule has 9 rings (SSSR count). The molecule has 294 valence electrons. The van der Waals surface area contributed by atoms with Crippen LogP contribution in [0.1, 0.15) is 141 Å². The highest BCUT2D eigenvalue weighted by molar-refractivity contribution is 5.40. The Bertz CT molecular complexity index is 1520. The fourth-order valence-corrected chi connectivity index (χ4v) is 10.3. The molecule has 0 bridgehead atoms. The van der Waals surface area contributed by atoms with Crippen LogP contribution in [0.2, 0.25) is 0 Å². The minimum absolute atomic E-state index is 0.0503. The van der Waals surface area contributed by atoms with Crippen molar-refractivity contribution in [1.29, 1.82) is 0 Å². The minimum atomic E-state index is -0.0503. The first-order chi connectivity index (χ1) is 25.5. The van der Waals surface area contributed by atoms with E-state index < -0.39 is 0 Å². The van der Waals surface area contributed by atoms with Gasteiger partial charge in [-0.15, -0.1) is 0 Å². The van der Waals surface area contributed by atoms with E-state index in [4.69, 9.17) is 9.47 Å². The molecule has 54 heavy (non-hydrogen) atoms. The number of aromatic nitrogens is 2. The van der Waals surface area contributed by atoms with Crippen LogP contribution in [0.25, 0.3) is 0 Å². The number of aryl methyl sites for hydroxylation is 1. The molecule has 1 aromatic carbocycles. The highest BCUT2D eigenvalue weighted by atomic mass is 16.5. The van der Waals surface area contributed by atoms with Crippen LogP contribution >= 0.6 is 0 Å². The van der Waals surface area contributed by atoms with Gasteiger partial charge in [-0.05, 0) is 161 Å². The van der Waals surface area contributed by atoms with Crippen LogP contribution < -0.4 is 0 Å². The molecule has 7 heteroatoms. The molecule has 0 N–H and O–H groups in total. The van der Waals surface area contributed by atoms with Gasteiger partial charge < -0.3 is 9.47 Å². The molecule has 3 aromatic rings. The Morgan fingerprint density at radius 1 is 0.519 bits per heavy atom. The Morgan fingerprint density at radius 2 is 1.04 bits per heavy atom. The molecular formula is C47H69N5O2. The van der Waals surface area contributed by atoms with E-state index in [1.807, 2.05) is 24.7 Å². The second-order valence-corrected chi connectivity index (χ2v) is 20.0. The molecule has 7 heterocycles. The van der Waals surface area contributed by atoms with E-state index in [1.54, 1.807) is 11.1 Å². The summed E-state index contributed by atoms with van der Waals surface area (Å²) in [5, 5.41) is 0. The van der Waals surface area contributed by atoms with Gasteiger partial charge in [0.15, 0.2) is 0 Å². The number of benzene rings is 1. The van der Waals surface area contributed by atoms with E-state index in [0.717, 1.165) is 64.2 Å². The van der Waals surface area contributed by atoms with E-state index in [-0.39, 0.29) is 22.3 Å². The fraction of sp³-hybridized carbons (Fsp3) is 0.660. The van der Waals surface area contributed by atoms with Crippen LogP contribution in [-0.2, 0) is 45.7 Å². The van der Waals surface area contributed by atoms with Gasteiger partial charge in [0.2, 0.25) is 0 Å². The van der Waals surface area contributed by atoms with Crippen molar-refractivity contribution in [2.24, 2.45) is 0 Å². The van der Waals surface area contributed by atoms with Crippen molar-refractivity contribution in [3.05, 3.63) is 94.6 Å². The maximum atomic E-state index is 6.15. The van der Waals surface area contributed by atoms with Gasteiger partial charge in [0.1, 0.15) is 0 Å². The highest BCUT2D eigenvalue weighted by Gasteiger charge is 2.46. The van der Waals surface area contributed by atoms with Crippen molar-refractivity contribution >= 4 is 0 Å². The van der Waals surface area contributed by atoms with Crippen LogP contribution in [0.4, 0.5) is 0 Å². The fourth-order valence-electron chi connectivity index (χ4n) is 10.3. The van der Waals surface area contributed by atoms with Gasteiger partial charge in [0, 0.05) is 72.5 Å². The summed E-state index contributed by atoms with van der Waals surface area (Å²) in [5.41, 5.74) is 9.68. The van der Waals surface area contributed by atoms with Gasteiger partial charge >= 0.3 is 0 Å². The average molecular weight is 736 g/mol. The van der Waals surface area contributed by atoms with Crippen LogP contribution in [0, 0.1) is 0 Å². The molecule has 0 saturated carbocycles. The molecule has 0 unspecified atom stereocenters. The molecule has 5 aliphatic heterocycles. The largest absolute Gasteiger partial charge is 0.365 e. The smallest absolute Gasteiger partial charge is 0.0979 e. The summed E-state index contributed by atoms with van der Waals surface area (Å²) < 4.78 is 12.3. The zero-order valence-corrected chi connectivity index (χ0v) is 35.1. The number of rotatable bonds is 0. The number of piperidine rings is 3. The third-order valence-corrected chi connectivity index (χ3v) is 13.9. The Hall–Kier alpha value is -2.68. The molecule has 2 aromatic heterocycles. The lowest BCUT2D eigenvalue weighted by atomic mass is 9.73. The minimum Gasteiger partial charge on any atom is -0.365 e. The van der Waals surface area contributed by atoms with Crippen molar-refractivity contribution in [1.82, 2.24) is 24.7 Å². The average Bonchev–Trinajstić information content (AvgIpc) is 3.81. The normalized spacial score (nSPS) is 23.3. The van der Waals surface area contributed by atoms with E-state index in [2.05, 4.69) is 123 Å². The second-order valence-electron chi connectivity index (χ2n) is 20.0. The van der Waals surface area contributed by atoms with Crippen LogP contribution in [0.5, 0.6) is 0 Å². The van der Waals surface area contributed by atoms with Crippen molar-refractivity contribution < 1.29 is 9.47 Å². The summed E-state index contributed by atoms with van der Waals surface area (Å²) in [5.74, 6) is 0. The molecule has 0 radical (unpaired) electrons. The third-order valence-electron chi connectivity index (χ3n) is 13.9. The summed E-state index contributed by atoms with van der Waals surface area (Å²) in [7, 11) is 0. The number of likely N-dealkylation sites (tertiary alicyclic amines) is 3. The molecule has 3 saturated heterocycles. The Morgan fingerprint density at radius 3 is 1.63 bits per heavy atom. The predicted octanol–water partition coefficient (Wildman–Crippen LogP) is 9.17. The summed E-state index contributed by atoms with van der Waals surface area (Å²) in [6.07, 6.45) is 15.5. The van der Waals surface area contributed by atoms with E-state index in [0.29, 0.717) is 17.6 Å². The van der Waals surface area contributed by atoms with E-state index >= 15 is 0 Å². The first-order valence-electron chi connectivity index (χ1n) is 21.0. The SMILES string of the molecule is CC(C)(C)N1CCC2(CC1)OCc1ccncc12.CC(C)(C)N1CCC2(CC1)OCc1ncccc12.CC(C)(C)N1CCC2(CCc3ccccc32)CC1. The number of fused-ring (bicyclic) bond motifs is 6. The molecule has 6 aliphatic rings. The maximum absolute atomic E-state index is 6.15. The lowest BCUT2D eigenvalue weighted by molar-refractivity contribution is -0.0907. The first kappa shape index (κ1) is 39.6. The summed E-state index contributed by atoms with van der Waals surface area (Å²) in [6, 6.07) is 15.5. The topological polar surface area (TPSA) is 54.0 Å². The third kappa shape index (κ3) is 7.95. The molecule has 0 amide bonds. The number of nitrogens with zero attached hydrogens (tertiary/aromatic N) is 5. The van der Waals surface area contributed by atoms with Crippen molar-refractivity contribution in [2.45, 2.75) is 160 Å². The molecular weight excluding hydrogens is 667 g/mol. The summed E-state index contributed by atoms with van der Waals surface area (Å²) in [6.45, 7) is 29.2. The van der Waals surface area contributed by atoms with Crippen molar-refractivity contribution in [3.8, 4) is 0 Å². The molecule has 1 aliphatic carbocycles. The zero-order chi connectivity index (χ0) is 38.4. The number of ether oxygens (including phenoxy) is 2. The Balaban J connectivity index is 0.000000125. The highest BCUT2D eigenvalue weighted by Crippen LogP contribution is 2.48. The quantitative estimate of drug-likeness (QED) is 0.228. The number of pyridine rings is 2. The molecule has 7 nitrogen and oxygen atoms in total. The van der Waals surface area contributed by atoms with Crippen molar-refractivity contribution in [2.75, 3.05) is 39.3 Å². The van der Waals surface area contributed by atoms with Gasteiger partial charge in [-0.1, -0.05) is 30.3 Å². The monoisotopic (exact) mass is 736 g/mol. The number of hydrogen-bond acceptors (Lipinski definition) is 7. The lowest BCUT2D eigenvalue weighted by Gasteiger charge is -2.45. The number of hydrogen-bond donors (Lipinski definition) is 0. The van der Waals surface area contributed by atoms with Gasteiger partial charge in [0.05, 0.1) is 30.1 Å². The van der Waals surface area contributed by atoms with Gasteiger partial charge in [0.25, 0.3) is 0 Å². The zero-order valence-electron chi connectivity index (χ0n) is 35.1. The molecule has 3 fully saturated rings. The van der Waals surface area contributed by atoms with E-state index in [9.17, 15) is 0 Å². The Kier molecular flexibility index (Phi) is 11.0. The van der Waals surface area contributed by atoms with Crippen LogP contribution in [0.15, 0.2) is 61.1 Å². The standard InChI is InChI=1S/C17H25N.2C15H22N2O/c1-16(2,3)18-12-10-17(11-13-18)9-8-14-6-4-5-7-15(14)17;1-14(2,3)17-8-5-15(6-9-17)13-10-16-7-4-12(13)11-18-15;1-14(2,3)17-9-6-15(7-10-17)12-5-4-8-16-13(12)11-18-15/h4-7H,8-13H2,1-3H3;4,7,10H,5-6,8-9,11H2,1-3H3;4-5,8H,6-7,9-11H2,1-3H3. The summed E-state index contributed by atoms with van der Waals surface area (Å²) in [4.78, 5) is 16.5. The van der Waals surface area contributed by atoms with Crippen LogP contribution in [-0.4, -0.2) is 80.6 Å². The van der Waals surface area contributed by atoms with Crippen LogP contribution in [0.3, 0.4) is 0 Å². The first-order valence-corrected chi connectivity index (χ1v) is 21.0. The second kappa shape index (κ2) is 15.0. The lowest BCUT2D eigenvalue weighted by Crippen LogP contribution is -2.50. The Labute approximate surface area is 327 Å². The van der Waals surface area contributed by atoms with Gasteiger partial charge in [-0.25, -0.2) is 0 Å². The van der Waals surface area contributed by atoms with Crippen molar-refractivity contribution in [3.63, 3.8) is 0 Å². The van der Waals surface area contributed by atoms with Gasteiger partial charge in [-0.2, -0.15) is 0 Å². The maximum Gasteiger partial charge on any atom is 0.0979 e. The predicted molar refractivity (Wildman–Crippen MR) is 220 cm³/mol. The summed E-state index contributed by atoms with van der Waals surface area (Å²) >= 11 is 0. The van der Waals surface area contributed by atoms with E-state index in [1.165, 1.54) is 55.5 Å². The van der Waals surface area contributed by atoms with Gasteiger partial charge in [-0.3, -0.25) is 24.7 Å². The molecule has 0 atom stereocenters. The molecule has 3 spiro atoms.